The Morgan fingerprint density at radius 2 is 1.85 bits per heavy atom. The van der Waals surface area contributed by atoms with E-state index in [4.69, 9.17) is 9.47 Å². The van der Waals surface area contributed by atoms with Gasteiger partial charge in [0.25, 0.3) is 5.56 Å². The summed E-state index contributed by atoms with van der Waals surface area (Å²) in [6.07, 6.45) is 1.74. The number of carbonyl (C=O) groups is 1. The minimum Gasteiger partial charge on any atom is -0.497 e. The van der Waals surface area contributed by atoms with E-state index in [9.17, 15) is 9.59 Å². The lowest BCUT2D eigenvalue weighted by Crippen LogP contribution is -2.25. The van der Waals surface area contributed by atoms with Gasteiger partial charge in [-0.25, -0.2) is 4.98 Å². The zero-order chi connectivity index (χ0) is 24.1. The number of nitrogens with one attached hydrogen (secondary N) is 1. The third-order valence-corrected chi connectivity index (χ3v) is 6.15. The third kappa shape index (κ3) is 5.07. The summed E-state index contributed by atoms with van der Waals surface area (Å²) in [7, 11) is 3.15. The molecule has 4 rings (SSSR count). The van der Waals surface area contributed by atoms with Gasteiger partial charge < -0.3 is 14.8 Å². The number of aromatic nitrogens is 4. The maximum Gasteiger partial charge on any atom is 0.282 e. The summed E-state index contributed by atoms with van der Waals surface area (Å²) in [6.45, 7) is 2.86. The van der Waals surface area contributed by atoms with Crippen molar-refractivity contribution in [3.8, 4) is 11.5 Å². The molecule has 0 atom stereocenters. The first-order valence-corrected chi connectivity index (χ1v) is 11.7. The second kappa shape index (κ2) is 10.4. The lowest BCUT2D eigenvalue weighted by atomic mass is 10.2. The number of thioether (sulfide) groups is 1. The van der Waals surface area contributed by atoms with Crippen molar-refractivity contribution in [2.45, 2.75) is 25.2 Å². The zero-order valence-corrected chi connectivity index (χ0v) is 20.0. The molecule has 0 unspecified atom stereocenters. The van der Waals surface area contributed by atoms with E-state index in [2.05, 4.69) is 15.4 Å². The van der Waals surface area contributed by atoms with Crippen LogP contribution in [0.4, 0.5) is 5.69 Å². The highest BCUT2D eigenvalue weighted by Gasteiger charge is 2.17. The highest BCUT2D eigenvalue weighted by Crippen LogP contribution is 2.24. The summed E-state index contributed by atoms with van der Waals surface area (Å²) in [5.41, 5.74) is 2.04. The largest absolute Gasteiger partial charge is 0.497 e. The minimum absolute atomic E-state index is 0.0700. The summed E-state index contributed by atoms with van der Waals surface area (Å²) in [4.78, 5) is 30.6. The smallest absolute Gasteiger partial charge is 0.282 e. The molecule has 10 heteroatoms. The first kappa shape index (κ1) is 23.4. The highest BCUT2D eigenvalue weighted by molar-refractivity contribution is 7.99. The Hall–Kier alpha value is -3.79. The molecule has 2 aromatic carbocycles. The van der Waals surface area contributed by atoms with E-state index in [-0.39, 0.29) is 17.2 Å². The van der Waals surface area contributed by atoms with Crippen LogP contribution >= 0.6 is 11.8 Å². The minimum atomic E-state index is -0.249. The van der Waals surface area contributed by atoms with Crippen LogP contribution in [-0.2, 0) is 17.9 Å². The Labute approximate surface area is 200 Å². The molecule has 0 fully saturated rings. The maximum atomic E-state index is 13.3. The number of anilines is 1. The van der Waals surface area contributed by atoms with E-state index < -0.39 is 0 Å². The Kier molecular flexibility index (Phi) is 7.17. The van der Waals surface area contributed by atoms with E-state index in [0.29, 0.717) is 40.7 Å². The number of hydrogen-bond acceptors (Lipinski definition) is 7. The number of methoxy groups -OCH3 is 2. The second-order valence-electron chi connectivity index (χ2n) is 7.39. The zero-order valence-electron chi connectivity index (χ0n) is 19.1. The number of carbonyl (C=O) groups excluding carboxylic acids is 1. The fraction of sp³-hybridized carbons (Fsp3) is 0.250. The molecule has 0 saturated carbocycles. The number of rotatable bonds is 9. The van der Waals surface area contributed by atoms with E-state index >= 15 is 0 Å². The molecule has 1 amide bonds. The van der Waals surface area contributed by atoms with Gasteiger partial charge in [0.1, 0.15) is 17.0 Å². The lowest BCUT2D eigenvalue weighted by Gasteiger charge is -2.13. The quantitative estimate of drug-likeness (QED) is 0.290. The molecule has 176 valence electrons. The van der Waals surface area contributed by atoms with Crippen molar-refractivity contribution in [1.82, 2.24) is 19.3 Å². The molecule has 4 aromatic rings. The van der Waals surface area contributed by atoms with E-state index in [1.54, 1.807) is 41.8 Å². The number of benzene rings is 2. The molecular formula is C24H25N5O4S. The Balaban J connectivity index is 1.62. The molecule has 0 aliphatic carbocycles. The molecule has 2 aromatic heterocycles. The molecule has 2 heterocycles. The van der Waals surface area contributed by atoms with Crippen LogP contribution < -0.4 is 20.3 Å². The summed E-state index contributed by atoms with van der Waals surface area (Å²) in [5, 5.41) is 7.66. The molecule has 0 radical (unpaired) electrons. The number of hydrogen-bond donors (Lipinski definition) is 1. The van der Waals surface area contributed by atoms with Crippen LogP contribution in [0, 0.1) is 0 Å². The van der Waals surface area contributed by atoms with Gasteiger partial charge in [-0.1, -0.05) is 36.0 Å². The first-order valence-electron chi connectivity index (χ1n) is 10.7. The van der Waals surface area contributed by atoms with Crippen molar-refractivity contribution in [3.05, 3.63) is 70.6 Å². The number of fused-ring (bicyclic) bond motifs is 1. The van der Waals surface area contributed by atoms with Gasteiger partial charge in [-0.3, -0.25) is 18.8 Å². The van der Waals surface area contributed by atoms with Crippen molar-refractivity contribution in [2.75, 3.05) is 25.3 Å². The summed E-state index contributed by atoms with van der Waals surface area (Å²) < 4.78 is 13.7. The van der Waals surface area contributed by atoms with Crippen molar-refractivity contribution in [1.29, 1.82) is 0 Å². The van der Waals surface area contributed by atoms with Crippen LogP contribution in [0.25, 0.3) is 11.0 Å². The number of para-hydroxylation sites is 2. The Bertz CT molecular complexity index is 1360. The second-order valence-corrected chi connectivity index (χ2v) is 8.33. The molecular weight excluding hydrogens is 454 g/mol. The van der Waals surface area contributed by atoms with Crippen LogP contribution in [0.2, 0.25) is 0 Å². The van der Waals surface area contributed by atoms with Gasteiger partial charge in [0, 0.05) is 6.54 Å². The average molecular weight is 480 g/mol. The number of ether oxygens (including phenoxy) is 2. The molecule has 0 saturated heterocycles. The fourth-order valence-corrected chi connectivity index (χ4v) is 4.21. The first-order chi connectivity index (χ1) is 16.5. The van der Waals surface area contributed by atoms with Crippen molar-refractivity contribution in [2.24, 2.45) is 0 Å². The molecule has 34 heavy (non-hydrogen) atoms. The van der Waals surface area contributed by atoms with E-state index in [0.717, 1.165) is 11.3 Å². The molecule has 0 spiro atoms. The molecule has 1 N–H and O–H groups in total. The summed E-state index contributed by atoms with van der Waals surface area (Å²) >= 11 is 1.20. The van der Waals surface area contributed by atoms with E-state index in [1.165, 1.54) is 11.8 Å². The Morgan fingerprint density at radius 3 is 2.56 bits per heavy atom. The lowest BCUT2D eigenvalue weighted by molar-refractivity contribution is -0.113. The van der Waals surface area contributed by atoms with Crippen molar-refractivity contribution in [3.63, 3.8) is 0 Å². The topological polar surface area (TPSA) is 100 Å². The Morgan fingerprint density at radius 1 is 1.09 bits per heavy atom. The standard InChI is InChI=1S/C24H25N5O4S/c1-4-28-14-19-22(27-28)23(31)29(13-16-9-11-17(32-2)12-10-16)24(26-19)34-15-21(30)25-18-7-5-6-8-20(18)33-3/h5-12,14H,4,13,15H2,1-3H3,(H,25,30). The molecule has 0 aliphatic rings. The average Bonchev–Trinajstić information content (AvgIpc) is 3.29. The summed E-state index contributed by atoms with van der Waals surface area (Å²) in [5.74, 6) is 1.14. The fourth-order valence-electron chi connectivity index (χ4n) is 3.41. The molecule has 0 aliphatic heterocycles. The van der Waals surface area contributed by atoms with Crippen molar-refractivity contribution >= 4 is 34.4 Å². The summed E-state index contributed by atoms with van der Waals surface area (Å²) in [6, 6.07) is 14.7. The van der Waals surface area contributed by atoms with Gasteiger partial charge in [-0.05, 0) is 36.8 Å². The number of nitrogens with zero attached hydrogens (tertiary/aromatic N) is 4. The predicted octanol–water partition coefficient (Wildman–Crippen LogP) is 3.41. The van der Waals surface area contributed by atoms with Gasteiger partial charge in [0.05, 0.1) is 38.4 Å². The van der Waals surface area contributed by atoms with Gasteiger partial charge in [-0.2, -0.15) is 5.10 Å². The predicted molar refractivity (Wildman–Crippen MR) is 132 cm³/mol. The van der Waals surface area contributed by atoms with Crippen LogP contribution in [0.5, 0.6) is 11.5 Å². The maximum absolute atomic E-state index is 13.3. The van der Waals surface area contributed by atoms with Gasteiger partial charge >= 0.3 is 0 Å². The van der Waals surface area contributed by atoms with E-state index in [1.807, 2.05) is 43.3 Å². The van der Waals surface area contributed by atoms with Crippen LogP contribution in [-0.4, -0.2) is 45.2 Å². The number of amides is 1. The van der Waals surface area contributed by atoms with Crippen LogP contribution in [0.15, 0.2) is 64.7 Å². The van der Waals surface area contributed by atoms with Crippen LogP contribution in [0.1, 0.15) is 12.5 Å². The third-order valence-electron chi connectivity index (χ3n) is 5.17. The molecule has 0 bridgehead atoms. The SMILES string of the molecule is CCn1cc2nc(SCC(=O)Nc3ccccc3OC)n(Cc3ccc(OC)cc3)c(=O)c2n1. The van der Waals surface area contributed by atoms with Gasteiger partial charge in [0.2, 0.25) is 5.91 Å². The highest BCUT2D eigenvalue weighted by atomic mass is 32.2. The monoisotopic (exact) mass is 479 g/mol. The van der Waals surface area contributed by atoms with Crippen LogP contribution in [0.3, 0.4) is 0 Å². The van der Waals surface area contributed by atoms with Gasteiger partial charge in [0.15, 0.2) is 10.7 Å². The molecule has 9 nitrogen and oxygen atoms in total. The van der Waals surface area contributed by atoms with Gasteiger partial charge in [-0.15, -0.1) is 0 Å². The normalized spacial score (nSPS) is 10.9. The van der Waals surface area contributed by atoms with Crippen molar-refractivity contribution < 1.29 is 14.3 Å². The number of aryl methyl sites for hydroxylation is 1.